The van der Waals surface area contributed by atoms with E-state index in [1.165, 1.54) is 11.3 Å². The third kappa shape index (κ3) is 2.47. The number of rotatable bonds is 3. The molecule has 0 spiro atoms. The summed E-state index contributed by atoms with van der Waals surface area (Å²) in [6, 6.07) is 3.85. The van der Waals surface area contributed by atoms with E-state index < -0.39 is 0 Å². The molecule has 0 saturated carbocycles. The van der Waals surface area contributed by atoms with Gasteiger partial charge in [0.15, 0.2) is 5.13 Å². The van der Waals surface area contributed by atoms with Crippen molar-refractivity contribution in [3.63, 3.8) is 0 Å². The van der Waals surface area contributed by atoms with Crippen LogP contribution in [0.5, 0.6) is 5.75 Å². The van der Waals surface area contributed by atoms with Crippen LogP contribution in [0.2, 0.25) is 0 Å². The van der Waals surface area contributed by atoms with Crippen LogP contribution in [0, 0.1) is 13.8 Å². The molecule has 0 aliphatic carbocycles. The molecule has 3 aromatic rings. The summed E-state index contributed by atoms with van der Waals surface area (Å²) in [5.74, 6) is 0.459. The highest BCUT2D eigenvalue weighted by atomic mass is 32.1. The number of hydrogen-bond acceptors (Lipinski definition) is 7. The minimum absolute atomic E-state index is 0.238. The van der Waals surface area contributed by atoms with E-state index in [2.05, 4.69) is 19.9 Å². The van der Waals surface area contributed by atoms with Crippen LogP contribution in [0.1, 0.15) is 20.9 Å². The first kappa shape index (κ1) is 13.9. The highest BCUT2D eigenvalue weighted by Gasteiger charge is 2.17. The molecule has 6 nitrogen and oxygen atoms in total. The third-order valence-corrected chi connectivity index (χ3v) is 4.93. The van der Waals surface area contributed by atoms with E-state index in [-0.39, 0.29) is 5.91 Å². The number of amides is 1. The van der Waals surface area contributed by atoms with Gasteiger partial charge in [0.25, 0.3) is 5.91 Å². The molecule has 0 unspecified atom stereocenters. The van der Waals surface area contributed by atoms with Gasteiger partial charge in [0.1, 0.15) is 16.1 Å². The molecule has 1 aromatic carbocycles. The van der Waals surface area contributed by atoms with E-state index in [4.69, 9.17) is 4.74 Å². The van der Waals surface area contributed by atoms with Gasteiger partial charge < -0.3 is 4.74 Å². The minimum Gasteiger partial charge on any atom is -0.494 e. The first-order valence-corrected chi connectivity index (χ1v) is 7.73. The molecule has 3 rings (SSSR count). The number of methoxy groups -OCH3 is 1. The molecule has 0 saturated heterocycles. The van der Waals surface area contributed by atoms with Gasteiger partial charge in [-0.15, -0.1) is 5.10 Å². The van der Waals surface area contributed by atoms with Crippen molar-refractivity contribution < 1.29 is 9.53 Å². The van der Waals surface area contributed by atoms with Crippen molar-refractivity contribution >= 4 is 44.1 Å². The molecule has 21 heavy (non-hydrogen) atoms. The second-order valence-corrected chi connectivity index (χ2v) is 6.18. The van der Waals surface area contributed by atoms with Gasteiger partial charge in [0.05, 0.1) is 17.5 Å². The molecular formula is C13H12N4O2S2. The standard InChI is InChI=1S/C13H12N4O2S2/c1-6-4-5-8(19-3)9-10(6)20-13(14-9)15-12(18)11-7(2)16-17-21-11/h4-5H,1-3H3,(H,14,15,18). The predicted molar refractivity (Wildman–Crippen MR) is 83.5 cm³/mol. The van der Waals surface area contributed by atoms with Crippen LogP contribution < -0.4 is 10.1 Å². The molecular weight excluding hydrogens is 308 g/mol. The smallest absolute Gasteiger partial charge is 0.271 e. The van der Waals surface area contributed by atoms with E-state index >= 15 is 0 Å². The first-order chi connectivity index (χ1) is 10.1. The van der Waals surface area contributed by atoms with Crippen LogP contribution in [-0.4, -0.2) is 27.6 Å². The van der Waals surface area contributed by atoms with Crippen molar-refractivity contribution in [2.24, 2.45) is 0 Å². The maximum Gasteiger partial charge on any atom is 0.271 e. The summed E-state index contributed by atoms with van der Waals surface area (Å²) >= 11 is 2.50. The van der Waals surface area contributed by atoms with Gasteiger partial charge in [0, 0.05) is 0 Å². The Morgan fingerprint density at radius 1 is 1.33 bits per heavy atom. The molecule has 8 heteroatoms. The number of nitrogens with zero attached hydrogens (tertiary/aromatic N) is 3. The zero-order valence-corrected chi connectivity index (χ0v) is 13.3. The largest absolute Gasteiger partial charge is 0.494 e. The molecule has 0 aliphatic rings. The fourth-order valence-electron chi connectivity index (χ4n) is 1.92. The number of thiazole rings is 1. The van der Waals surface area contributed by atoms with Crippen molar-refractivity contribution in [2.75, 3.05) is 12.4 Å². The predicted octanol–water partition coefficient (Wildman–Crippen LogP) is 3.03. The fourth-order valence-corrected chi connectivity index (χ4v) is 3.42. The summed E-state index contributed by atoms with van der Waals surface area (Å²) in [6.45, 7) is 3.76. The van der Waals surface area contributed by atoms with Crippen LogP contribution in [0.4, 0.5) is 5.13 Å². The monoisotopic (exact) mass is 320 g/mol. The van der Waals surface area contributed by atoms with Crippen molar-refractivity contribution in [2.45, 2.75) is 13.8 Å². The summed E-state index contributed by atoms with van der Waals surface area (Å²) in [5.41, 5.74) is 2.48. The highest BCUT2D eigenvalue weighted by Crippen LogP contribution is 2.34. The number of hydrogen-bond donors (Lipinski definition) is 1. The lowest BCUT2D eigenvalue weighted by molar-refractivity contribution is 0.103. The molecule has 2 aromatic heterocycles. The van der Waals surface area contributed by atoms with Crippen LogP contribution in [0.25, 0.3) is 10.2 Å². The maximum absolute atomic E-state index is 12.2. The number of carbonyl (C=O) groups is 1. The Morgan fingerprint density at radius 3 is 2.81 bits per heavy atom. The van der Waals surface area contributed by atoms with Crippen LogP contribution in [0.3, 0.4) is 0 Å². The molecule has 0 atom stereocenters. The van der Waals surface area contributed by atoms with E-state index in [0.717, 1.165) is 27.3 Å². The lowest BCUT2D eigenvalue weighted by Crippen LogP contribution is -2.11. The number of benzene rings is 1. The molecule has 1 N–H and O–H groups in total. The summed E-state index contributed by atoms with van der Waals surface area (Å²) in [7, 11) is 1.61. The molecule has 0 fully saturated rings. The Kier molecular flexibility index (Phi) is 3.56. The summed E-state index contributed by atoms with van der Waals surface area (Å²) < 4.78 is 10.1. The number of nitrogens with one attached hydrogen (secondary N) is 1. The van der Waals surface area contributed by atoms with Gasteiger partial charge in [0.2, 0.25) is 0 Å². The lowest BCUT2D eigenvalue weighted by Gasteiger charge is -2.01. The van der Waals surface area contributed by atoms with Gasteiger partial charge in [-0.05, 0) is 37.0 Å². The topological polar surface area (TPSA) is 77.0 Å². The van der Waals surface area contributed by atoms with Gasteiger partial charge in [-0.3, -0.25) is 10.1 Å². The number of fused-ring (bicyclic) bond motifs is 1. The Morgan fingerprint density at radius 2 is 2.14 bits per heavy atom. The zero-order valence-electron chi connectivity index (χ0n) is 11.6. The highest BCUT2D eigenvalue weighted by molar-refractivity contribution is 7.22. The van der Waals surface area contributed by atoms with Gasteiger partial charge >= 0.3 is 0 Å². The molecule has 0 bridgehead atoms. The van der Waals surface area contributed by atoms with Crippen LogP contribution >= 0.6 is 22.9 Å². The Bertz CT molecular complexity index is 825. The van der Waals surface area contributed by atoms with E-state index in [0.29, 0.717) is 21.5 Å². The molecule has 108 valence electrons. The van der Waals surface area contributed by atoms with Gasteiger partial charge in [-0.25, -0.2) is 4.98 Å². The molecule has 0 aliphatic heterocycles. The fraction of sp³-hybridized carbons (Fsp3) is 0.231. The number of carbonyl (C=O) groups excluding carboxylic acids is 1. The number of anilines is 1. The lowest BCUT2D eigenvalue weighted by atomic mass is 10.2. The number of aryl methyl sites for hydroxylation is 2. The molecule has 2 heterocycles. The van der Waals surface area contributed by atoms with Gasteiger partial charge in [-0.2, -0.15) is 0 Å². The Hall–Kier alpha value is -2.06. The summed E-state index contributed by atoms with van der Waals surface area (Å²) in [6.07, 6.45) is 0. The Labute approximate surface area is 129 Å². The minimum atomic E-state index is -0.238. The average molecular weight is 320 g/mol. The van der Waals surface area contributed by atoms with Crippen molar-refractivity contribution in [3.8, 4) is 5.75 Å². The quantitative estimate of drug-likeness (QED) is 0.802. The average Bonchev–Trinajstić information content (AvgIpc) is 3.06. The molecule has 1 amide bonds. The second-order valence-electron chi connectivity index (χ2n) is 4.42. The normalized spacial score (nSPS) is 10.8. The van der Waals surface area contributed by atoms with Crippen molar-refractivity contribution in [1.29, 1.82) is 0 Å². The Balaban J connectivity index is 1.97. The maximum atomic E-state index is 12.2. The zero-order chi connectivity index (χ0) is 15.0. The summed E-state index contributed by atoms with van der Waals surface area (Å²) in [4.78, 5) is 17.1. The van der Waals surface area contributed by atoms with E-state index in [9.17, 15) is 4.79 Å². The second kappa shape index (κ2) is 5.38. The van der Waals surface area contributed by atoms with Crippen molar-refractivity contribution in [3.05, 3.63) is 28.3 Å². The molecule has 0 radical (unpaired) electrons. The van der Waals surface area contributed by atoms with E-state index in [1.54, 1.807) is 14.0 Å². The van der Waals surface area contributed by atoms with Gasteiger partial charge in [-0.1, -0.05) is 21.9 Å². The van der Waals surface area contributed by atoms with Crippen molar-refractivity contribution in [1.82, 2.24) is 14.6 Å². The first-order valence-electron chi connectivity index (χ1n) is 6.14. The number of ether oxygens (including phenoxy) is 1. The summed E-state index contributed by atoms with van der Waals surface area (Å²) in [5, 5.41) is 7.17. The van der Waals surface area contributed by atoms with E-state index in [1.807, 2.05) is 19.1 Å². The van der Waals surface area contributed by atoms with Crippen LogP contribution in [-0.2, 0) is 0 Å². The SMILES string of the molecule is COc1ccc(C)c2sc(NC(=O)c3snnc3C)nc12. The third-order valence-electron chi connectivity index (χ3n) is 3.00. The van der Waals surface area contributed by atoms with Crippen LogP contribution in [0.15, 0.2) is 12.1 Å². The number of aromatic nitrogens is 3.